The molecule has 0 saturated carbocycles. The molecule has 1 aromatic rings. The van der Waals surface area contributed by atoms with E-state index in [9.17, 15) is 13.2 Å². The first-order chi connectivity index (χ1) is 9.00. The highest BCUT2D eigenvalue weighted by Crippen LogP contribution is 2.19. The van der Waals surface area contributed by atoms with Crippen LogP contribution in [0.2, 0.25) is 0 Å². The van der Waals surface area contributed by atoms with Crippen molar-refractivity contribution in [3.63, 3.8) is 0 Å². The number of rotatable bonds is 3. The molecule has 1 aromatic heterocycles. The number of nitrogens with one attached hydrogen (secondary N) is 2. The number of hydrogen-bond acceptors (Lipinski definition) is 5. The first kappa shape index (κ1) is 13.6. The van der Waals surface area contributed by atoms with Gasteiger partial charge in [0, 0.05) is 12.2 Å². The Hall–Kier alpha value is -1.83. The standard InChI is InChI=1S/C11H15N3O4S/c1-18-10-9(3-2-5-12-10)14-11(15)13-8-4-6-19(16,17)7-8/h2-3,5,8H,4,6-7H2,1H3,(H2,13,14,15). The summed E-state index contributed by atoms with van der Waals surface area (Å²) in [5, 5.41) is 5.21. The van der Waals surface area contributed by atoms with Crippen molar-refractivity contribution in [2.45, 2.75) is 12.5 Å². The van der Waals surface area contributed by atoms with Crippen LogP contribution in [0.25, 0.3) is 0 Å². The molecule has 19 heavy (non-hydrogen) atoms. The van der Waals surface area contributed by atoms with Crippen molar-refractivity contribution in [1.29, 1.82) is 0 Å². The molecule has 0 radical (unpaired) electrons. The molecule has 1 fully saturated rings. The Kier molecular flexibility index (Phi) is 3.89. The second-order valence-electron chi connectivity index (χ2n) is 4.26. The summed E-state index contributed by atoms with van der Waals surface area (Å²) >= 11 is 0. The summed E-state index contributed by atoms with van der Waals surface area (Å²) in [5.41, 5.74) is 0.434. The van der Waals surface area contributed by atoms with Gasteiger partial charge in [-0.2, -0.15) is 0 Å². The Balaban J connectivity index is 1.95. The molecule has 1 unspecified atom stereocenters. The van der Waals surface area contributed by atoms with E-state index in [0.29, 0.717) is 18.0 Å². The molecule has 2 N–H and O–H groups in total. The van der Waals surface area contributed by atoms with Crippen LogP contribution in [0, 0.1) is 0 Å². The van der Waals surface area contributed by atoms with Crippen LogP contribution in [0.5, 0.6) is 5.88 Å². The van der Waals surface area contributed by atoms with Gasteiger partial charge in [-0.3, -0.25) is 0 Å². The molecule has 1 aliphatic rings. The highest BCUT2D eigenvalue weighted by Gasteiger charge is 2.29. The number of sulfone groups is 1. The number of carbonyl (C=O) groups excluding carboxylic acids is 1. The molecular weight excluding hydrogens is 270 g/mol. The number of anilines is 1. The molecule has 2 heterocycles. The molecule has 0 spiro atoms. The third kappa shape index (κ3) is 3.57. The fourth-order valence-corrected chi connectivity index (χ4v) is 3.57. The molecular formula is C11H15N3O4S. The molecule has 104 valence electrons. The van der Waals surface area contributed by atoms with Gasteiger partial charge in [0.15, 0.2) is 9.84 Å². The third-order valence-corrected chi connectivity index (χ3v) is 4.55. The first-order valence-electron chi connectivity index (χ1n) is 5.77. The van der Waals surface area contributed by atoms with Crippen LogP contribution >= 0.6 is 0 Å². The quantitative estimate of drug-likeness (QED) is 0.837. The molecule has 0 aliphatic carbocycles. The molecule has 1 atom stereocenters. The maximum atomic E-state index is 11.7. The van der Waals surface area contributed by atoms with Crippen LogP contribution < -0.4 is 15.4 Å². The van der Waals surface area contributed by atoms with Crippen molar-refractivity contribution >= 4 is 21.6 Å². The lowest BCUT2D eigenvalue weighted by molar-refractivity contribution is 0.249. The third-order valence-electron chi connectivity index (χ3n) is 2.78. The number of methoxy groups -OCH3 is 1. The van der Waals surface area contributed by atoms with Crippen molar-refractivity contribution in [3.05, 3.63) is 18.3 Å². The van der Waals surface area contributed by atoms with E-state index in [-0.39, 0.29) is 17.5 Å². The van der Waals surface area contributed by atoms with E-state index in [2.05, 4.69) is 15.6 Å². The molecule has 1 saturated heterocycles. The summed E-state index contributed by atoms with van der Waals surface area (Å²) in [7, 11) is -1.55. The van der Waals surface area contributed by atoms with E-state index >= 15 is 0 Å². The second-order valence-corrected chi connectivity index (χ2v) is 6.49. The number of nitrogens with zero attached hydrogens (tertiary/aromatic N) is 1. The lowest BCUT2D eigenvalue weighted by Gasteiger charge is -2.13. The number of amides is 2. The summed E-state index contributed by atoms with van der Waals surface area (Å²) < 4.78 is 27.6. The average Bonchev–Trinajstić information content (AvgIpc) is 2.69. The Morgan fingerprint density at radius 1 is 1.53 bits per heavy atom. The van der Waals surface area contributed by atoms with Crippen LogP contribution in [-0.4, -0.2) is 44.1 Å². The van der Waals surface area contributed by atoms with Gasteiger partial charge in [0.2, 0.25) is 5.88 Å². The number of aromatic nitrogens is 1. The van der Waals surface area contributed by atoms with E-state index in [1.54, 1.807) is 18.3 Å². The van der Waals surface area contributed by atoms with E-state index in [4.69, 9.17) is 4.74 Å². The summed E-state index contributed by atoms with van der Waals surface area (Å²) in [6.07, 6.45) is 1.99. The van der Waals surface area contributed by atoms with Crippen LogP contribution in [-0.2, 0) is 9.84 Å². The number of carbonyl (C=O) groups is 1. The SMILES string of the molecule is COc1ncccc1NC(=O)NC1CCS(=O)(=O)C1. The zero-order valence-corrected chi connectivity index (χ0v) is 11.2. The summed E-state index contributed by atoms with van der Waals surface area (Å²) in [6.45, 7) is 0. The lowest BCUT2D eigenvalue weighted by atomic mass is 10.3. The molecule has 2 rings (SSSR count). The van der Waals surface area contributed by atoms with Crippen LogP contribution in [0.3, 0.4) is 0 Å². The van der Waals surface area contributed by atoms with E-state index in [1.807, 2.05) is 0 Å². The highest BCUT2D eigenvalue weighted by atomic mass is 32.2. The van der Waals surface area contributed by atoms with E-state index in [1.165, 1.54) is 7.11 Å². The van der Waals surface area contributed by atoms with E-state index in [0.717, 1.165) is 0 Å². The van der Waals surface area contributed by atoms with Gasteiger partial charge < -0.3 is 15.4 Å². The summed E-state index contributed by atoms with van der Waals surface area (Å²) in [6, 6.07) is 2.51. The van der Waals surface area contributed by atoms with Crippen molar-refractivity contribution < 1.29 is 17.9 Å². The monoisotopic (exact) mass is 285 g/mol. The van der Waals surface area contributed by atoms with Gasteiger partial charge in [0.05, 0.1) is 18.6 Å². The maximum Gasteiger partial charge on any atom is 0.319 e. The zero-order chi connectivity index (χ0) is 13.9. The molecule has 7 nitrogen and oxygen atoms in total. The molecule has 0 bridgehead atoms. The van der Waals surface area contributed by atoms with Crippen LogP contribution in [0.4, 0.5) is 10.5 Å². The minimum absolute atomic E-state index is 0.00933. The molecule has 0 aromatic carbocycles. The van der Waals surface area contributed by atoms with Crippen molar-refractivity contribution in [1.82, 2.24) is 10.3 Å². The fourth-order valence-electron chi connectivity index (χ4n) is 1.90. The van der Waals surface area contributed by atoms with Crippen molar-refractivity contribution in [2.24, 2.45) is 0 Å². The topological polar surface area (TPSA) is 97.4 Å². The Morgan fingerprint density at radius 2 is 2.32 bits per heavy atom. The number of ether oxygens (including phenoxy) is 1. The maximum absolute atomic E-state index is 11.7. The highest BCUT2D eigenvalue weighted by molar-refractivity contribution is 7.91. The normalized spacial score (nSPS) is 20.8. The van der Waals surface area contributed by atoms with Gasteiger partial charge >= 0.3 is 6.03 Å². The van der Waals surface area contributed by atoms with Crippen LogP contribution in [0.1, 0.15) is 6.42 Å². The van der Waals surface area contributed by atoms with Gasteiger partial charge in [0.1, 0.15) is 5.69 Å². The predicted molar refractivity (Wildman–Crippen MR) is 70.0 cm³/mol. The zero-order valence-electron chi connectivity index (χ0n) is 10.4. The molecule has 8 heteroatoms. The summed E-state index contributed by atoms with van der Waals surface area (Å²) in [4.78, 5) is 15.7. The lowest BCUT2D eigenvalue weighted by Crippen LogP contribution is -2.38. The van der Waals surface area contributed by atoms with Crippen molar-refractivity contribution in [3.8, 4) is 5.88 Å². The summed E-state index contributed by atoms with van der Waals surface area (Å²) in [5.74, 6) is 0.412. The molecule has 1 aliphatic heterocycles. The Labute approximate surface area is 111 Å². The Bertz CT molecular complexity index is 573. The first-order valence-corrected chi connectivity index (χ1v) is 7.59. The molecule has 2 amide bonds. The number of pyridine rings is 1. The largest absolute Gasteiger partial charge is 0.480 e. The van der Waals surface area contributed by atoms with Gasteiger partial charge in [-0.1, -0.05) is 0 Å². The average molecular weight is 285 g/mol. The fraction of sp³-hybridized carbons (Fsp3) is 0.455. The van der Waals surface area contributed by atoms with Gasteiger partial charge in [-0.25, -0.2) is 18.2 Å². The smallest absolute Gasteiger partial charge is 0.319 e. The van der Waals surface area contributed by atoms with Crippen molar-refractivity contribution in [2.75, 3.05) is 23.9 Å². The number of hydrogen-bond donors (Lipinski definition) is 2. The second kappa shape index (κ2) is 5.43. The predicted octanol–water partition coefficient (Wildman–Crippen LogP) is 0.399. The Morgan fingerprint density at radius 3 is 2.95 bits per heavy atom. The van der Waals surface area contributed by atoms with Gasteiger partial charge in [0.25, 0.3) is 0 Å². The minimum Gasteiger partial charge on any atom is -0.480 e. The van der Waals surface area contributed by atoms with E-state index < -0.39 is 15.9 Å². The number of urea groups is 1. The van der Waals surface area contributed by atoms with Gasteiger partial charge in [-0.15, -0.1) is 0 Å². The van der Waals surface area contributed by atoms with Gasteiger partial charge in [-0.05, 0) is 18.6 Å². The van der Waals surface area contributed by atoms with Crippen LogP contribution in [0.15, 0.2) is 18.3 Å². The minimum atomic E-state index is -3.01.